The maximum Gasteiger partial charge on any atom is 0.296 e. The number of piperidine rings is 1. The number of aliphatic hydroxyl groups is 1. The smallest absolute Gasteiger partial charge is 0.296 e. The highest BCUT2D eigenvalue weighted by atomic mass is 16.4. The van der Waals surface area contributed by atoms with Gasteiger partial charge in [-0.3, -0.25) is 9.69 Å². The molecule has 2 aliphatic heterocycles. The molecule has 2 saturated carbocycles. The number of carboxylic acid groups (broad SMARTS) is 1. The lowest BCUT2D eigenvalue weighted by atomic mass is 9.46. The summed E-state index contributed by atoms with van der Waals surface area (Å²) in [6, 6.07) is 0. The standard InChI is InChI=1S/C23H29N3O4/c1-14-9-15-5-3-7-25-20(24-2)26-8-4-6-21(12-26)16(15)10-17-18(19(28)29)22(30,13-27)11-23(14,17)21/h13-16,30H,4,6-12H2,1-2H3,(H,24,25)(H,28,29). The largest absolute Gasteiger partial charge is 0.545 e. The number of guanidine groups is 1. The predicted octanol–water partition coefficient (Wildman–Crippen LogP) is -1.71. The van der Waals surface area contributed by atoms with Gasteiger partial charge < -0.3 is 20.3 Å². The van der Waals surface area contributed by atoms with Crippen molar-refractivity contribution < 1.29 is 24.7 Å². The van der Waals surface area contributed by atoms with E-state index < -0.39 is 17.0 Å². The summed E-state index contributed by atoms with van der Waals surface area (Å²) in [6.45, 7) is 4.50. The number of aliphatic carboxylic acids is 1. The molecule has 0 amide bonds. The van der Waals surface area contributed by atoms with Crippen molar-refractivity contribution in [1.29, 1.82) is 0 Å². The van der Waals surface area contributed by atoms with Crippen molar-refractivity contribution in [2.24, 2.45) is 33.6 Å². The van der Waals surface area contributed by atoms with Crippen molar-refractivity contribution in [3.8, 4) is 11.8 Å². The minimum absolute atomic E-state index is 0.127. The van der Waals surface area contributed by atoms with Gasteiger partial charge in [-0.05, 0) is 43.9 Å². The molecule has 3 N–H and O–H groups in total. The summed E-state index contributed by atoms with van der Waals surface area (Å²) in [5.74, 6) is 6.81. The van der Waals surface area contributed by atoms with E-state index in [0.717, 1.165) is 43.9 Å². The van der Waals surface area contributed by atoms with E-state index in [4.69, 9.17) is 0 Å². The number of nitrogens with one attached hydrogen (secondary N) is 2. The van der Waals surface area contributed by atoms with Crippen molar-refractivity contribution in [2.45, 2.75) is 44.6 Å². The van der Waals surface area contributed by atoms with Crippen molar-refractivity contribution in [3.05, 3.63) is 11.1 Å². The second-order valence-corrected chi connectivity index (χ2v) is 9.92. The number of fused-ring (bicyclic) bond motifs is 1. The number of carbonyl (C=O) groups is 2. The van der Waals surface area contributed by atoms with Crippen LogP contribution in [0.3, 0.4) is 0 Å². The number of carbonyl (C=O) groups excluding carboxylic acids is 2. The number of allylic oxidation sites excluding steroid dienone is 1. The molecule has 7 atom stereocenters. The van der Waals surface area contributed by atoms with Gasteiger partial charge in [-0.2, -0.15) is 0 Å². The number of aliphatic imine (C=N–C) groups is 1. The summed E-state index contributed by atoms with van der Waals surface area (Å²) in [4.78, 5) is 29.9. The molecule has 30 heavy (non-hydrogen) atoms. The highest BCUT2D eigenvalue weighted by molar-refractivity contribution is 5.96. The van der Waals surface area contributed by atoms with Crippen molar-refractivity contribution in [2.75, 3.05) is 26.7 Å². The molecule has 160 valence electrons. The average molecular weight is 412 g/mol. The van der Waals surface area contributed by atoms with E-state index in [2.05, 4.69) is 29.1 Å². The second kappa shape index (κ2) is 6.41. The van der Waals surface area contributed by atoms with E-state index in [1.165, 1.54) is 4.90 Å². The number of aldehydes is 1. The fourth-order valence-electron chi connectivity index (χ4n) is 8.15. The molecule has 2 heterocycles. The first-order chi connectivity index (χ1) is 14.3. The molecule has 5 aliphatic rings. The zero-order valence-corrected chi connectivity index (χ0v) is 17.6. The van der Waals surface area contributed by atoms with Gasteiger partial charge in [0.05, 0.1) is 25.6 Å². The van der Waals surface area contributed by atoms with Crippen LogP contribution in [0.4, 0.5) is 0 Å². The van der Waals surface area contributed by atoms with Crippen molar-refractivity contribution in [1.82, 2.24) is 5.32 Å². The molecular weight excluding hydrogens is 382 g/mol. The Balaban J connectivity index is 1.77. The first-order valence-electron chi connectivity index (χ1n) is 11.0. The topological polar surface area (TPSA) is 106 Å². The molecule has 3 fully saturated rings. The summed E-state index contributed by atoms with van der Waals surface area (Å²) in [5, 5.41) is 26.7. The van der Waals surface area contributed by atoms with Crippen LogP contribution >= 0.6 is 0 Å². The van der Waals surface area contributed by atoms with Gasteiger partial charge in [-0.25, -0.2) is 4.99 Å². The third-order valence-corrected chi connectivity index (χ3v) is 9.00. The Bertz CT molecular complexity index is 946. The summed E-state index contributed by atoms with van der Waals surface area (Å²) in [5.41, 5.74) is -2.08. The van der Waals surface area contributed by atoms with Gasteiger partial charge in [0, 0.05) is 29.4 Å². The van der Waals surface area contributed by atoms with Crippen LogP contribution in [-0.2, 0) is 9.59 Å². The normalized spacial score (nSPS) is 47.8. The van der Waals surface area contributed by atoms with Gasteiger partial charge in [0.15, 0.2) is 6.29 Å². The maximum atomic E-state index is 12.2. The van der Waals surface area contributed by atoms with Gasteiger partial charge in [0.2, 0.25) is 0 Å². The molecule has 7 nitrogen and oxygen atoms in total. The van der Waals surface area contributed by atoms with E-state index in [9.17, 15) is 19.8 Å². The monoisotopic (exact) mass is 411 g/mol. The molecule has 0 radical (unpaired) electrons. The van der Waals surface area contributed by atoms with Crippen LogP contribution in [-0.4, -0.2) is 55.6 Å². The van der Waals surface area contributed by atoms with E-state index in [1.807, 2.05) is 0 Å². The van der Waals surface area contributed by atoms with Crippen LogP contribution in [0.15, 0.2) is 16.1 Å². The predicted molar refractivity (Wildman–Crippen MR) is 107 cm³/mol. The first kappa shape index (κ1) is 19.8. The number of carboxylic acids is 1. The molecule has 1 saturated heterocycles. The SMILES string of the molecule is CN=C1NCC#CC2CC(C)C34CC(O)(C=O)C(C(=O)[O-])=C3CC2C42CCC[NH+]1C2. The number of quaternary nitrogens is 1. The van der Waals surface area contributed by atoms with Crippen LogP contribution in [0.1, 0.15) is 39.0 Å². The van der Waals surface area contributed by atoms with Gasteiger partial charge in [-0.15, -0.1) is 0 Å². The number of hydrogen-bond acceptors (Lipinski definition) is 5. The molecule has 0 aromatic carbocycles. The fraction of sp³-hybridized carbons (Fsp3) is 0.696. The Morgan fingerprint density at radius 3 is 2.97 bits per heavy atom. The first-order valence-corrected chi connectivity index (χ1v) is 11.0. The van der Waals surface area contributed by atoms with Crippen LogP contribution < -0.4 is 15.3 Å². The minimum atomic E-state index is -1.96. The number of rotatable bonds is 2. The highest BCUT2D eigenvalue weighted by Gasteiger charge is 2.75. The third-order valence-electron chi connectivity index (χ3n) is 9.00. The Kier molecular flexibility index (Phi) is 4.23. The Hall–Kier alpha value is -2.17. The maximum absolute atomic E-state index is 12.2. The van der Waals surface area contributed by atoms with E-state index in [1.54, 1.807) is 7.05 Å². The lowest BCUT2D eigenvalue weighted by molar-refractivity contribution is -0.827. The Labute approximate surface area is 176 Å². The van der Waals surface area contributed by atoms with Gasteiger partial charge in [-0.1, -0.05) is 24.3 Å². The van der Waals surface area contributed by atoms with Crippen LogP contribution in [0, 0.1) is 40.4 Å². The zero-order chi connectivity index (χ0) is 21.3. The van der Waals surface area contributed by atoms with Crippen molar-refractivity contribution >= 4 is 18.2 Å². The summed E-state index contributed by atoms with van der Waals surface area (Å²) in [6.07, 6.45) is 3.98. The number of hydrogen-bond donors (Lipinski definition) is 3. The van der Waals surface area contributed by atoms with Gasteiger partial charge >= 0.3 is 0 Å². The quantitative estimate of drug-likeness (QED) is 0.371. The molecule has 3 aliphatic carbocycles. The van der Waals surface area contributed by atoms with E-state index in [-0.39, 0.29) is 35.2 Å². The van der Waals surface area contributed by atoms with Crippen LogP contribution in [0.25, 0.3) is 0 Å². The zero-order valence-electron chi connectivity index (χ0n) is 17.6. The summed E-state index contributed by atoms with van der Waals surface area (Å²) >= 11 is 0. The third kappa shape index (κ3) is 2.21. The summed E-state index contributed by atoms with van der Waals surface area (Å²) < 4.78 is 0. The second-order valence-electron chi connectivity index (χ2n) is 9.92. The molecule has 5 rings (SSSR count). The molecule has 2 spiro atoms. The molecule has 7 heteroatoms. The van der Waals surface area contributed by atoms with Crippen LogP contribution in [0.5, 0.6) is 0 Å². The number of nitrogens with zero attached hydrogens (tertiary/aromatic N) is 1. The molecule has 0 aromatic heterocycles. The van der Waals surface area contributed by atoms with Gasteiger partial charge in [0.25, 0.3) is 5.96 Å². The van der Waals surface area contributed by atoms with Gasteiger partial charge in [0.1, 0.15) is 5.60 Å². The fourth-order valence-corrected chi connectivity index (χ4v) is 8.15. The average Bonchev–Trinajstić information content (AvgIpc) is 3.08. The van der Waals surface area contributed by atoms with Crippen LogP contribution in [0.2, 0.25) is 0 Å². The Morgan fingerprint density at radius 1 is 1.47 bits per heavy atom. The lowest BCUT2D eigenvalue weighted by Gasteiger charge is -2.58. The Morgan fingerprint density at radius 2 is 2.27 bits per heavy atom. The van der Waals surface area contributed by atoms with E-state index in [0.29, 0.717) is 19.3 Å². The van der Waals surface area contributed by atoms with E-state index >= 15 is 0 Å². The molecule has 5 bridgehead atoms. The molecular formula is C23H29N3O4. The minimum Gasteiger partial charge on any atom is -0.545 e. The highest BCUT2D eigenvalue weighted by Crippen LogP contribution is 2.76. The lowest BCUT2D eigenvalue weighted by Crippen LogP contribution is -3.19. The molecule has 7 unspecified atom stereocenters. The summed E-state index contributed by atoms with van der Waals surface area (Å²) in [7, 11) is 1.79. The molecule has 0 aromatic rings. The van der Waals surface area contributed by atoms with Crippen molar-refractivity contribution in [3.63, 3.8) is 0 Å².